The molecule has 2 aromatic heterocycles. The lowest BCUT2D eigenvalue weighted by Gasteiger charge is -2.07. The topological polar surface area (TPSA) is 66.9 Å². The molecule has 0 radical (unpaired) electrons. The first kappa shape index (κ1) is 13.0. The normalized spacial score (nSPS) is 9.95. The molecule has 2 heterocycles. The molecule has 0 unspecified atom stereocenters. The second-order valence-corrected chi connectivity index (χ2v) is 4.02. The highest BCUT2D eigenvalue weighted by Crippen LogP contribution is 2.13. The van der Waals surface area contributed by atoms with Gasteiger partial charge in [0.1, 0.15) is 11.5 Å². The molecule has 0 bridgehead atoms. The molecule has 0 aliphatic carbocycles. The number of pyridine rings is 2. The maximum Gasteiger partial charge on any atom is 0.269 e. The maximum absolute atomic E-state index is 11.8. The fourth-order valence-corrected chi connectivity index (χ4v) is 1.54. The molecule has 0 fully saturated rings. The van der Waals surface area contributed by atoms with E-state index in [4.69, 9.17) is 0 Å². The largest absolute Gasteiger partial charge is 0.351 e. The lowest BCUT2D eigenvalue weighted by Crippen LogP contribution is -2.25. The Kier molecular flexibility index (Phi) is 4.44. The van der Waals surface area contributed by atoms with Crippen LogP contribution in [-0.4, -0.2) is 22.4 Å². The number of aromatic nitrogens is 2. The summed E-state index contributed by atoms with van der Waals surface area (Å²) in [4.78, 5) is 20.0. The lowest BCUT2D eigenvalue weighted by molar-refractivity contribution is 0.0949. The fourth-order valence-electron chi connectivity index (χ4n) is 1.54. The predicted molar refractivity (Wildman–Crippen MR) is 74.4 cm³/mol. The van der Waals surface area contributed by atoms with Gasteiger partial charge in [0, 0.05) is 24.6 Å². The van der Waals surface area contributed by atoms with Gasteiger partial charge in [0.15, 0.2) is 0 Å². The summed E-state index contributed by atoms with van der Waals surface area (Å²) in [5.74, 6) is 0.482. The summed E-state index contributed by atoms with van der Waals surface area (Å²) in [5.41, 5.74) is 1.29. The minimum absolute atomic E-state index is 0.153. The Morgan fingerprint density at radius 1 is 1.21 bits per heavy atom. The van der Waals surface area contributed by atoms with Crippen molar-refractivity contribution in [1.29, 1.82) is 0 Å². The summed E-state index contributed by atoms with van der Waals surface area (Å²) in [5, 5.41) is 5.92. The number of carbonyl (C=O) groups is 1. The highest BCUT2D eigenvalue weighted by molar-refractivity contribution is 5.92. The summed E-state index contributed by atoms with van der Waals surface area (Å²) in [6, 6.07) is 8.99. The summed E-state index contributed by atoms with van der Waals surface area (Å²) in [6.07, 6.45) is 4.29. The number of carbonyl (C=O) groups excluding carboxylic acids is 1. The van der Waals surface area contributed by atoms with Gasteiger partial charge in [-0.3, -0.25) is 9.78 Å². The van der Waals surface area contributed by atoms with Crippen LogP contribution in [0.2, 0.25) is 0 Å². The first-order valence-electron chi connectivity index (χ1n) is 6.22. The molecule has 98 valence electrons. The SMILES string of the molecule is CCCNC(=O)c1cccc(Nc2ccncc2)n1. The zero-order chi connectivity index (χ0) is 13.5. The molecule has 1 amide bonds. The summed E-state index contributed by atoms with van der Waals surface area (Å²) >= 11 is 0. The molecule has 0 saturated heterocycles. The van der Waals surface area contributed by atoms with Crippen molar-refractivity contribution < 1.29 is 4.79 Å². The smallest absolute Gasteiger partial charge is 0.269 e. The Morgan fingerprint density at radius 2 is 2.00 bits per heavy atom. The van der Waals surface area contributed by atoms with Crippen molar-refractivity contribution in [2.24, 2.45) is 0 Å². The van der Waals surface area contributed by atoms with Gasteiger partial charge in [-0.2, -0.15) is 0 Å². The number of nitrogens with one attached hydrogen (secondary N) is 2. The van der Waals surface area contributed by atoms with E-state index < -0.39 is 0 Å². The molecular weight excluding hydrogens is 240 g/mol. The van der Waals surface area contributed by atoms with Gasteiger partial charge in [0.2, 0.25) is 0 Å². The van der Waals surface area contributed by atoms with Crippen molar-refractivity contribution in [2.45, 2.75) is 13.3 Å². The molecule has 19 heavy (non-hydrogen) atoms. The average Bonchev–Trinajstić information content (AvgIpc) is 2.46. The Morgan fingerprint density at radius 3 is 2.74 bits per heavy atom. The van der Waals surface area contributed by atoms with Crippen molar-refractivity contribution in [2.75, 3.05) is 11.9 Å². The minimum Gasteiger partial charge on any atom is -0.351 e. The highest BCUT2D eigenvalue weighted by atomic mass is 16.1. The van der Waals surface area contributed by atoms with Gasteiger partial charge in [0.25, 0.3) is 5.91 Å². The van der Waals surface area contributed by atoms with E-state index in [1.165, 1.54) is 0 Å². The van der Waals surface area contributed by atoms with Crippen LogP contribution in [0.25, 0.3) is 0 Å². The van der Waals surface area contributed by atoms with E-state index >= 15 is 0 Å². The Hall–Kier alpha value is -2.43. The van der Waals surface area contributed by atoms with Crippen LogP contribution in [0.5, 0.6) is 0 Å². The van der Waals surface area contributed by atoms with Gasteiger partial charge in [-0.15, -0.1) is 0 Å². The van der Waals surface area contributed by atoms with Crippen LogP contribution in [-0.2, 0) is 0 Å². The second kappa shape index (κ2) is 6.49. The van der Waals surface area contributed by atoms with Gasteiger partial charge in [-0.25, -0.2) is 4.98 Å². The van der Waals surface area contributed by atoms with Crippen LogP contribution in [0.3, 0.4) is 0 Å². The van der Waals surface area contributed by atoms with Gasteiger partial charge in [-0.1, -0.05) is 13.0 Å². The van der Waals surface area contributed by atoms with E-state index in [0.29, 0.717) is 18.1 Å². The van der Waals surface area contributed by atoms with E-state index in [1.807, 2.05) is 25.1 Å². The van der Waals surface area contributed by atoms with Gasteiger partial charge < -0.3 is 10.6 Å². The van der Waals surface area contributed by atoms with E-state index in [9.17, 15) is 4.79 Å². The molecule has 0 aliphatic heterocycles. The van der Waals surface area contributed by atoms with Crippen LogP contribution < -0.4 is 10.6 Å². The predicted octanol–water partition coefficient (Wildman–Crippen LogP) is 2.36. The third-order valence-electron chi connectivity index (χ3n) is 2.47. The maximum atomic E-state index is 11.8. The number of nitrogens with zero attached hydrogens (tertiary/aromatic N) is 2. The zero-order valence-corrected chi connectivity index (χ0v) is 10.8. The molecule has 0 saturated carbocycles. The van der Waals surface area contributed by atoms with Crippen LogP contribution in [0.4, 0.5) is 11.5 Å². The third kappa shape index (κ3) is 3.77. The molecule has 0 atom stereocenters. The molecule has 0 spiro atoms. The molecule has 0 aromatic carbocycles. The Balaban J connectivity index is 2.09. The lowest BCUT2D eigenvalue weighted by atomic mass is 10.3. The van der Waals surface area contributed by atoms with Crippen molar-refractivity contribution >= 4 is 17.4 Å². The minimum atomic E-state index is -0.153. The standard InChI is InChI=1S/C14H16N4O/c1-2-8-16-14(19)12-4-3-5-13(18-12)17-11-6-9-15-10-7-11/h3-7,9-10H,2,8H2,1H3,(H,16,19)(H,15,17,18). The summed E-state index contributed by atoms with van der Waals surface area (Å²) in [6.45, 7) is 2.66. The number of hydrogen-bond acceptors (Lipinski definition) is 4. The van der Waals surface area contributed by atoms with E-state index in [2.05, 4.69) is 20.6 Å². The first-order valence-corrected chi connectivity index (χ1v) is 6.22. The number of anilines is 2. The van der Waals surface area contributed by atoms with Crippen molar-refractivity contribution in [1.82, 2.24) is 15.3 Å². The second-order valence-electron chi connectivity index (χ2n) is 4.02. The van der Waals surface area contributed by atoms with E-state index in [1.54, 1.807) is 24.5 Å². The van der Waals surface area contributed by atoms with Crippen LogP contribution in [0.1, 0.15) is 23.8 Å². The average molecular weight is 256 g/mol. The first-order chi connectivity index (χ1) is 9.29. The van der Waals surface area contributed by atoms with Gasteiger partial charge in [0.05, 0.1) is 0 Å². The molecule has 2 rings (SSSR count). The van der Waals surface area contributed by atoms with Crippen molar-refractivity contribution in [3.8, 4) is 0 Å². The third-order valence-corrected chi connectivity index (χ3v) is 2.47. The van der Waals surface area contributed by atoms with Crippen LogP contribution >= 0.6 is 0 Å². The van der Waals surface area contributed by atoms with Gasteiger partial charge >= 0.3 is 0 Å². The molecule has 5 nitrogen and oxygen atoms in total. The zero-order valence-electron chi connectivity index (χ0n) is 10.8. The van der Waals surface area contributed by atoms with E-state index in [-0.39, 0.29) is 5.91 Å². The molecule has 5 heteroatoms. The van der Waals surface area contributed by atoms with Crippen molar-refractivity contribution in [3.63, 3.8) is 0 Å². The van der Waals surface area contributed by atoms with Gasteiger partial charge in [-0.05, 0) is 30.7 Å². The fraction of sp³-hybridized carbons (Fsp3) is 0.214. The van der Waals surface area contributed by atoms with E-state index in [0.717, 1.165) is 12.1 Å². The summed E-state index contributed by atoms with van der Waals surface area (Å²) < 4.78 is 0. The molecule has 0 aliphatic rings. The molecular formula is C14H16N4O. The van der Waals surface area contributed by atoms with Crippen LogP contribution in [0.15, 0.2) is 42.7 Å². The van der Waals surface area contributed by atoms with Crippen LogP contribution in [0, 0.1) is 0 Å². The number of hydrogen-bond donors (Lipinski definition) is 2. The van der Waals surface area contributed by atoms with Crippen molar-refractivity contribution in [3.05, 3.63) is 48.4 Å². The Labute approximate surface area is 112 Å². The highest BCUT2D eigenvalue weighted by Gasteiger charge is 2.06. The molecule has 2 N–H and O–H groups in total. The number of amides is 1. The quantitative estimate of drug-likeness (QED) is 0.861. The molecule has 2 aromatic rings. The number of rotatable bonds is 5. The summed E-state index contributed by atoms with van der Waals surface area (Å²) in [7, 11) is 0. The Bertz CT molecular complexity index is 542. The monoisotopic (exact) mass is 256 g/mol.